The fourth-order valence-corrected chi connectivity index (χ4v) is 45.3. The molecule has 2 radical (unpaired) electrons. The Morgan fingerprint density at radius 1 is 0.231 bits per heavy atom. The van der Waals surface area contributed by atoms with Crippen molar-refractivity contribution in [3.8, 4) is 0 Å². The molecule has 0 unspecified atom stereocenters. The Labute approximate surface area is 183 Å². The molecule has 0 aromatic carbocycles. The molecule has 2 heteroatoms. The average molecular weight is 580 g/mol. The van der Waals surface area contributed by atoms with Crippen LogP contribution in [0.1, 0.15) is 125 Å². The van der Waals surface area contributed by atoms with E-state index in [0.29, 0.717) is 20.6 Å². The first kappa shape index (κ1) is 29.8. The van der Waals surface area contributed by atoms with Crippen molar-refractivity contribution in [2.45, 2.75) is 145 Å². The molecule has 26 heavy (non-hydrogen) atoms. The van der Waals surface area contributed by atoms with Gasteiger partial charge in [-0.2, -0.15) is 0 Å². The van der Waals surface area contributed by atoms with E-state index in [-0.39, 0.29) is 0 Å². The SMILES string of the molecule is C[C](C)(C)[Sn]([C](C)(C)C)[C](C)(C)C.C[C](C)(C)[Sn]([C](C)(C)C)[C](C)(C)C. The Bertz CT molecular complexity index is 297. The summed E-state index contributed by atoms with van der Waals surface area (Å²) in [4.78, 5) is 0. The van der Waals surface area contributed by atoms with Crippen LogP contribution in [0.3, 0.4) is 0 Å². The van der Waals surface area contributed by atoms with E-state index in [0.717, 1.165) is 0 Å². The second-order valence-corrected chi connectivity index (χ2v) is 44.2. The zero-order chi connectivity index (χ0) is 22.2. The third-order valence-electron chi connectivity index (χ3n) is 4.50. The van der Waals surface area contributed by atoms with Crippen molar-refractivity contribution in [3.05, 3.63) is 0 Å². The summed E-state index contributed by atoms with van der Waals surface area (Å²) in [6.45, 7) is 44.0. The van der Waals surface area contributed by atoms with Gasteiger partial charge in [-0.25, -0.2) is 0 Å². The molecule has 0 atom stereocenters. The van der Waals surface area contributed by atoms with Crippen LogP contribution >= 0.6 is 0 Å². The third kappa shape index (κ3) is 11.0. The normalized spacial score (nSPS) is 15.2. The van der Waals surface area contributed by atoms with Gasteiger partial charge in [-0.1, -0.05) is 0 Å². The van der Waals surface area contributed by atoms with Crippen LogP contribution in [0.5, 0.6) is 0 Å². The van der Waals surface area contributed by atoms with Crippen LogP contribution in [-0.2, 0) is 0 Å². The van der Waals surface area contributed by atoms with Crippen LogP contribution in [0.15, 0.2) is 0 Å². The molecule has 0 aromatic heterocycles. The van der Waals surface area contributed by atoms with E-state index in [4.69, 9.17) is 0 Å². The molecule has 0 aliphatic rings. The second kappa shape index (κ2) is 9.17. The molecule has 0 spiro atoms. The topological polar surface area (TPSA) is 0 Å². The summed E-state index contributed by atoms with van der Waals surface area (Å²) < 4.78 is 3.49. The summed E-state index contributed by atoms with van der Waals surface area (Å²) in [6.07, 6.45) is 0. The standard InChI is InChI=1S/6C4H9.2Sn/c6*1-4(2)3;;/h6*1-3H3;;. The van der Waals surface area contributed by atoms with E-state index >= 15 is 0 Å². The van der Waals surface area contributed by atoms with Crippen molar-refractivity contribution in [1.82, 2.24) is 0 Å². The van der Waals surface area contributed by atoms with E-state index in [9.17, 15) is 0 Å². The Hall–Kier alpha value is 1.60. The molecular weight excluding hydrogens is 526 g/mol. The Kier molecular flexibility index (Phi) is 10.5. The first-order chi connectivity index (χ1) is 10.7. The van der Waals surface area contributed by atoms with Crippen molar-refractivity contribution < 1.29 is 0 Å². The van der Waals surface area contributed by atoms with Gasteiger partial charge in [0.05, 0.1) is 0 Å². The van der Waals surface area contributed by atoms with Gasteiger partial charge in [0.15, 0.2) is 0 Å². The molecule has 0 amide bonds. The van der Waals surface area contributed by atoms with Crippen LogP contribution in [0.25, 0.3) is 0 Å². The van der Waals surface area contributed by atoms with Crippen LogP contribution in [-0.4, -0.2) is 39.5 Å². The molecule has 0 fully saturated rings. The van der Waals surface area contributed by atoms with Crippen LogP contribution < -0.4 is 0 Å². The summed E-state index contributed by atoms with van der Waals surface area (Å²) >= 11 is -2.87. The van der Waals surface area contributed by atoms with Gasteiger partial charge in [-0.15, -0.1) is 0 Å². The minimum atomic E-state index is -1.43. The van der Waals surface area contributed by atoms with E-state index in [1.807, 2.05) is 0 Å². The average Bonchev–Trinajstić information content (AvgIpc) is 1.97. The first-order valence-corrected chi connectivity index (χ1v) is 19.1. The van der Waals surface area contributed by atoms with Crippen LogP contribution in [0, 0.1) is 0 Å². The van der Waals surface area contributed by atoms with Crippen LogP contribution in [0.2, 0.25) is 20.6 Å². The van der Waals surface area contributed by atoms with Gasteiger partial charge in [-0.3, -0.25) is 0 Å². The molecule has 0 bridgehead atoms. The number of hydrogen-bond acceptors (Lipinski definition) is 0. The van der Waals surface area contributed by atoms with Gasteiger partial charge < -0.3 is 0 Å². The molecule has 0 aliphatic heterocycles. The number of rotatable bonds is 0. The van der Waals surface area contributed by atoms with E-state index in [2.05, 4.69) is 125 Å². The summed E-state index contributed by atoms with van der Waals surface area (Å²) in [5.74, 6) is 0. The molecule has 0 N–H and O–H groups in total. The van der Waals surface area contributed by atoms with Crippen molar-refractivity contribution in [2.75, 3.05) is 0 Å². The van der Waals surface area contributed by atoms with Gasteiger partial charge in [0.1, 0.15) is 0 Å². The summed E-state index contributed by atoms with van der Waals surface area (Å²) in [5.41, 5.74) is 0. The fraction of sp³-hybridized carbons (Fsp3) is 1.00. The molecule has 0 heterocycles. The van der Waals surface area contributed by atoms with E-state index < -0.39 is 39.5 Å². The fourth-order valence-electron chi connectivity index (χ4n) is 6.75. The Balaban J connectivity index is 0. The molecule has 158 valence electrons. The second-order valence-electron chi connectivity index (χ2n) is 14.2. The third-order valence-corrected chi connectivity index (χ3v) is 30.2. The van der Waals surface area contributed by atoms with Gasteiger partial charge in [0.2, 0.25) is 0 Å². The van der Waals surface area contributed by atoms with Gasteiger partial charge in [-0.05, 0) is 0 Å². The quantitative estimate of drug-likeness (QED) is 0.251. The monoisotopic (exact) mass is 582 g/mol. The minimum absolute atomic E-state index is 0.582. The van der Waals surface area contributed by atoms with E-state index in [1.54, 1.807) is 0 Å². The molecular formula is C24H54Sn2. The van der Waals surface area contributed by atoms with Crippen molar-refractivity contribution in [2.24, 2.45) is 0 Å². The molecule has 0 aliphatic carbocycles. The predicted octanol–water partition coefficient (Wildman–Crippen LogP) is 9.76. The van der Waals surface area contributed by atoms with Gasteiger partial charge in [0.25, 0.3) is 0 Å². The molecule has 0 rings (SSSR count). The summed E-state index contributed by atoms with van der Waals surface area (Å²) in [6, 6.07) is 0. The molecule has 0 saturated carbocycles. The molecule has 0 nitrogen and oxygen atoms in total. The Morgan fingerprint density at radius 3 is 0.308 bits per heavy atom. The van der Waals surface area contributed by atoms with E-state index in [1.165, 1.54) is 0 Å². The maximum atomic E-state index is 2.44. The molecule has 0 aromatic rings. The predicted molar refractivity (Wildman–Crippen MR) is 130 cm³/mol. The first-order valence-electron chi connectivity index (χ1n) is 10.5. The Morgan fingerprint density at radius 2 is 0.308 bits per heavy atom. The van der Waals surface area contributed by atoms with Crippen LogP contribution in [0.4, 0.5) is 0 Å². The molecule has 0 saturated heterocycles. The maximum absolute atomic E-state index is 2.44. The van der Waals surface area contributed by atoms with Gasteiger partial charge >= 0.3 is 185 Å². The van der Waals surface area contributed by atoms with Crippen molar-refractivity contribution in [3.63, 3.8) is 0 Å². The zero-order valence-corrected chi connectivity index (χ0v) is 27.7. The van der Waals surface area contributed by atoms with Crippen molar-refractivity contribution >= 4 is 39.5 Å². The van der Waals surface area contributed by atoms with Crippen molar-refractivity contribution in [1.29, 1.82) is 0 Å². The summed E-state index contributed by atoms with van der Waals surface area (Å²) in [5, 5.41) is 0. The summed E-state index contributed by atoms with van der Waals surface area (Å²) in [7, 11) is 0. The number of hydrogen-bond donors (Lipinski definition) is 0. The zero-order valence-electron chi connectivity index (χ0n) is 22.0. The van der Waals surface area contributed by atoms with Gasteiger partial charge in [0, 0.05) is 0 Å².